The summed E-state index contributed by atoms with van der Waals surface area (Å²) in [6.45, 7) is 5.20. The zero-order chi connectivity index (χ0) is 11.1. The summed E-state index contributed by atoms with van der Waals surface area (Å²) in [5.74, 6) is 0.424. The number of benzene rings is 1. The maximum atomic E-state index is 11.2. The van der Waals surface area contributed by atoms with Crippen LogP contribution in [-0.4, -0.2) is 12.6 Å². The van der Waals surface area contributed by atoms with Gasteiger partial charge in [0.15, 0.2) is 0 Å². The number of hydrogen-bond donors (Lipinski definition) is 1. The molecular formula is C12H17N2O. The van der Waals surface area contributed by atoms with Crippen LogP contribution >= 0.6 is 0 Å². The van der Waals surface area contributed by atoms with Crippen LogP contribution in [0.3, 0.4) is 0 Å². The number of hydrogen-bond acceptors (Lipinski definition) is 1. The summed E-state index contributed by atoms with van der Waals surface area (Å²) in [4.78, 5) is 11.2. The van der Waals surface area contributed by atoms with Crippen LogP contribution in [0.15, 0.2) is 30.3 Å². The van der Waals surface area contributed by atoms with E-state index in [4.69, 9.17) is 0 Å². The third kappa shape index (κ3) is 5.05. The first kappa shape index (κ1) is 11.6. The van der Waals surface area contributed by atoms with Crippen molar-refractivity contribution in [2.24, 2.45) is 5.92 Å². The Labute approximate surface area is 90.9 Å². The predicted octanol–water partition coefficient (Wildman–Crippen LogP) is 2.16. The van der Waals surface area contributed by atoms with E-state index in [2.05, 4.69) is 10.6 Å². The van der Waals surface area contributed by atoms with Crippen molar-refractivity contribution in [3.63, 3.8) is 0 Å². The first-order valence-electron chi connectivity index (χ1n) is 5.17. The first-order valence-corrected chi connectivity index (χ1v) is 5.17. The Balaban J connectivity index is 2.23. The molecule has 2 amide bonds. The van der Waals surface area contributed by atoms with Crippen LogP contribution in [0, 0.1) is 5.92 Å². The van der Waals surface area contributed by atoms with E-state index >= 15 is 0 Å². The number of urea groups is 1. The van der Waals surface area contributed by atoms with Crippen LogP contribution in [-0.2, 0) is 6.54 Å². The lowest BCUT2D eigenvalue weighted by Crippen LogP contribution is -2.31. The van der Waals surface area contributed by atoms with Crippen molar-refractivity contribution < 1.29 is 4.79 Å². The van der Waals surface area contributed by atoms with Gasteiger partial charge in [-0.15, -0.1) is 0 Å². The number of nitrogens with zero attached hydrogens (tertiary/aromatic N) is 1. The largest absolute Gasteiger partial charge is 0.336 e. The molecule has 0 heterocycles. The van der Waals surface area contributed by atoms with E-state index < -0.39 is 0 Å². The first-order chi connectivity index (χ1) is 7.18. The molecule has 0 spiro atoms. The van der Waals surface area contributed by atoms with Crippen molar-refractivity contribution in [2.45, 2.75) is 20.4 Å². The molecule has 1 radical (unpaired) electrons. The second kappa shape index (κ2) is 6.06. The van der Waals surface area contributed by atoms with Crippen LogP contribution < -0.4 is 10.6 Å². The van der Waals surface area contributed by atoms with Crippen LogP contribution in [0.25, 0.3) is 0 Å². The highest BCUT2D eigenvalue weighted by atomic mass is 16.2. The molecule has 0 aliphatic heterocycles. The molecule has 81 valence electrons. The van der Waals surface area contributed by atoms with Gasteiger partial charge in [-0.3, -0.25) is 0 Å². The Hall–Kier alpha value is -1.51. The van der Waals surface area contributed by atoms with Crippen molar-refractivity contribution >= 4 is 6.03 Å². The summed E-state index contributed by atoms with van der Waals surface area (Å²) in [6.07, 6.45) is 0. The van der Waals surface area contributed by atoms with Gasteiger partial charge < -0.3 is 5.32 Å². The summed E-state index contributed by atoms with van der Waals surface area (Å²) in [5.41, 5.74) is 1.09. The fourth-order valence-corrected chi connectivity index (χ4v) is 1.09. The molecule has 15 heavy (non-hydrogen) atoms. The highest BCUT2D eigenvalue weighted by Crippen LogP contribution is 1.97. The SMILES string of the molecule is CC(C)C[N]C(=O)NCc1ccccc1. The standard InChI is InChI=1S/C12H17N2O/c1-10(2)8-13-12(15)14-9-11-6-4-3-5-7-11/h3-7,10H,8-9H2,1-2H3,(H,14,15). The maximum absolute atomic E-state index is 11.2. The maximum Gasteiger partial charge on any atom is 0.336 e. The van der Waals surface area contributed by atoms with Crippen molar-refractivity contribution in [1.82, 2.24) is 10.6 Å². The molecule has 0 aliphatic rings. The molecule has 0 saturated heterocycles. The van der Waals surface area contributed by atoms with Gasteiger partial charge in [-0.05, 0) is 11.5 Å². The molecule has 1 N–H and O–H groups in total. The fourth-order valence-electron chi connectivity index (χ4n) is 1.09. The quantitative estimate of drug-likeness (QED) is 0.804. The molecule has 0 bridgehead atoms. The second-order valence-electron chi connectivity index (χ2n) is 3.88. The zero-order valence-electron chi connectivity index (χ0n) is 9.23. The van der Waals surface area contributed by atoms with Crippen LogP contribution in [0.5, 0.6) is 0 Å². The Bertz CT molecular complexity index is 296. The van der Waals surface area contributed by atoms with Gasteiger partial charge >= 0.3 is 6.03 Å². The third-order valence-corrected chi connectivity index (χ3v) is 1.89. The lowest BCUT2D eigenvalue weighted by atomic mass is 10.2. The third-order valence-electron chi connectivity index (χ3n) is 1.89. The average Bonchev–Trinajstić information content (AvgIpc) is 2.25. The fraction of sp³-hybridized carbons (Fsp3) is 0.417. The summed E-state index contributed by atoms with van der Waals surface area (Å²) in [6, 6.07) is 9.58. The average molecular weight is 205 g/mol. The van der Waals surface area contributed by atoms with E-state index in [0.717, 1.165) is 5.56 Å². The summed E-state index contributed by atoms with van der Waals surface area (Å²) in [5, 5.41) is 6.64. The Morgan fingerprint density at radius 3 is 2.60 bits per heavy atom. The van der Waals surface area contributed by atoms with Crippen LogP contribution in [0.4, 0.5) is 4.79 Å². The van der Waals surface area contributed by atoms with Gasteiger partial charge in [-0.2, -0.15) is 0 Å². The molecule has 0 atom stereocenters. The van der Waals surface area contributed by atoms with Gasteiger partial charge in [0.2, 0.25) is 0 Å². The van der Waals surface area contributed by atoms with E-state index in [9.17, 15) is 4.79 Å². The molecule has 3 nitrogen and oxygen atoms in total. The van der Waals surface area contributed by atoms with Crippen molar-refractivity contribution in [2.75, 3.05) is 6.54 Å². The van der Waals surface area contributed by atoms with E-state index in [-0.39, 0.29) is 6.03 Å². The molecular weight excluding hydrogens is 188 g/mol. The minimum atomic E-state index is -0.229. The van der Waals surface area contributed by atoms with Crippen molar-refractivity contribution in [3.05, 3.63) is 35.9 Å². The Kier molecular flexibility index (Phi) is 4.68. The number of carbonyl (C=O) groups is 1. The number of nitrogens with one attached hydrogen (secondary N) is 1. The lowest BCUT2D eigenvalue weighted by Gasteiger charge is -2.06. The van der Waals surface area contributed by atoms with Gasteiger partial charge in [0.25, 0.3) is 0 Å². The molecule has 1 rings (SSSR count). The Morgan fingerprint density at radius 2 is 2.00 bits per heavy atom. The molecule has 0 unspecified atom stereocenters. The van der Waals surface area contributed by atoms with Crippen molar-refractivity contribution in [1.29, 1.82) is 0 Å². The van der Waals surface area contributed by atoms with E-state index in [1.54, 1.807) is 0 Å². The van der Waals surface area contributed by atoms with Gasteiger partial charge in [-0.25, -0.2) is 10.1 Å². The van der Waals surface area contributed by atoms with E-state index in [1.807, 2.05) is 44.2 Å². The molecule has 0 aromatic heterocycles. The topological polar surface area (TPSA) is 43.2 Å². The predicted molar refractivity (Wildman–Crippen MR) is 60.5 cm³/mol. The monoisotopic (exact) mass is 205 g/mol. The Morgan fingerprint density at radius 1 is 1.33 bits per heavy atom. The van der Waals surface area contributed by atoms with Gasteiger partial charge in [0, 0.05) is 13.1 Å². The highest BCUT2D eigenvalue weighted by Gasteiger charge is 2.02. The number of rotatable bonds is 4. The molecule has 3 heteroatoms. The lowest BCUT2D eigenvalue weighted by molar-refractivity contribution is 0.238. The van der Waals surface area contributed by atoms with Crippen LogP contribution in [0.2, 0.25) is 0 Å². The smallest absolute Gasteiger partial charge is 0.332 e. The molecule has 0 saturated carbocycles. The van der Waals surface area contributed by atoms with E-state index in [0.29, 0.717) is 19.0 Å². The minimum Gasteiger partial charge on any atom is -0.332 e. The molecule has 1 aromatic carbocycles. The number of amides is 2. The van der Waals surface area contributed by atoms with Crippen LogP contribution in [0.1, 0.15) is 19.4 Å². The minimum absolute atomic E-state index is 0.229. The van der Waals surface area contributed by atoms with E-state index in [1.165, 1.54) is 0 Å². The summed E-state index contributed by atoms with van der Waals surface area (Å²) < 4.78 is 0. The highest BCUT2D eigenvalue weighted by molar-refractivity contribution is 5.73. The summed E-state index contributed by atoms with van der Waals surface area (Å²) >= 11 is 0. The van der Waals surface area contributed by atoms with Gasteiger partial charge in [0.05, 0.1) is 0 Å². The second-order valence-corrected chi connectivity index (χ2v) is 3.88. The number of carbonyl (C=O) groups excluding carboxylic acids is 1. The molecule has 0 fully saturated rings. The van der Waals surface area contributed by atoms with Gasteiger partial charge in [0.1, 0.15) is 0 Å². The zero-order valence-corrected chi connectivity index (χ0v) is 9.23. The molecule has 0 aliphatic carbocycles. The summed E-state index contributed by atoms with van der Waals surface area (Å²) in [7, 11) is 0. The van der Waals surface area contributed by atoms with Gasteiger partial charge in [-0.1, -0.05) is 44.2 Å². The van der Waals surface area contributed by atoms with Crippen molar-refractivity contribution in [3.8, 4) is 0 Å². The normalized spacial score (nSPS) is 10.1. The molecule has 1 aromatic rings.